The van der Waals surface area contributed by atoms with Crippen LogP contribution in [0.1, 0.15) is 13.8 Å². The summed E-state index contributed by atoms with van der Waals surface area (Å²) in [5, 5.41) is 2.65. The SMILES string of the molecule is CC(C)OC(=O)CSc1nc2scc(-c3ccc(F)cc3)c2c(=O)[nH]1. The lowest BCUT2D eigenvalue weighted by molar-refractivity contribution is -0.144. The molecule has 0 spiro atoms. The second-order valence-electron chi connectivity index (χ2n) is 5.53. The molecule has 1 aromatic carbocycles. The van der Waals surface area contributed by atoms with Gasteiger partial charge in [0.15, 0.2) is 5.16 Å². The molecule has 0 radical (unpaired) electrons. The van der Waals surface area contributed by atoms with E-state index in [4.69, 9.17) is 4.74 Å². The molecule has 0 atom stereocenters. The minimum Gasteiger partial charge on any atom is -0.462 e. The number of fused-ring (bicyclic) bond motifs is 1. The van der Waals surface area contributed by atoms with Crippen LogP contribution in [0.3, 0.4) is 0 Å². The number of aromatic nitrogens is 2. The molecule has 0 amide bonds. The summed E-state index contributed by atoms with van der Waals surface area (Å²) in [5.41, 5.74) is 1.18. The van der Waals surface area contributed by atoms with Crippen LogP contribution in [-0.4, -0.2) is 27.8 Å². The second-order valence-corrected chi connectivity index (χ2v) is 7.36. The van der Waals surface area contributed by atoms with E-state index in [1.165, 1.54) is 23.5 Å². The van der Waals surface area contributed by atoms with E-state index in [1.54, 1.807) is 26.0 Å². The van der Waals surface area contributed by atoms with Crippen molar-refractivity contribution in [3.05, 3.63) is 45.8 Å². The van der Waals surface area contributed by atoms with Crippen LogP contribution in [-0.2, 0) is 9.53 Å². The summed E-state index contributed by atoms with van der Waals surface area (Å²) >= 11 is 2.45. The fraction of sp³-hybridized carbons (Fsp3) is 0.235. The van der Waals surface area contributed by atoms with E-state index in [-0.39, 0.29) is 29.2 Å². The summed E-state index contributed by atoms with van der Waals surface area (Å²) in [6.07, 6.45) is -0.182. The van der Waals surface area contributed by atoms with Crippen molar-refractivity contribution in [1.82, 2.24) is 9.97 Å². The van der Waals surface area contributed by atoms with Crippen LogP contribution in [0.5, 0.6) is 0 Å². The topological polar surface area (TPSA) is 72.0 Å². The van der Waals surface area contributed by atoms with Crippen molar-refractivity contribution in [3.8, 4) is 11.1 Å². The van der Waals surface area contributed by atoms with Gasteiger partial charge >= 0.3 is 5.97 Å². The number of ether oxygens (including phenoxy) is 1. The van der Waals surface area contributed by atoms with E-state index in [1.807, 2.05) is 5.38 Å². The Morgan fingerprint density at radius 3 is 2.76 bits per heavy atom. The molecule has 3 rings (SSSR count). The largest absolute Gasteiger partial charge is 0.462 e. The summed E-state index contributed by atoms with van der Waals surface area (Å²) in [5.74, 6) is -0.619. The van der Waals surface area contributed by atoms with Crippen molar-refractivity contribution in [3.63, 3.8) is 0 Å². The number of hydrogen-bond acceptors (Lipinski definition) is 6. The highest BCUT2D eigenvalue weighted by Gasteiger charge is 2.14. The number of thioether (sulfide) groups is 1. The molecule has 1 N–H and O–H groups in total. The first-order chi connectivity index (χ1) is 11.9. The number of hydrogen-bond donors (Lipinski definition) is 1. The highest BCUT2D eigenvalue weighted by molar-refractivity contribution is 7.99. The number of thiophene rings is 1. The first-order valence-corrected chi connectivity index (χ1v) is 9.40. The predicted octanol–water partition coefficient (Wildman–Crippen LogP) is 3.83. The van der Waals surface area contributed by atoms with Crippen molar-refractivity contribution < 1.29 is 13.9 Å². The third kappa shape index (κ3) is 4.08. The Balaban J connectivity index is 1.88. The highest BCUT2D eigenvalue weighted by Crippen LogP contribution is 2.31. The molecular formula is C17H15FN2O3S2. The van der Waals surface area contributed by atoms with E-state index >= 15 is 0 Å². The Labute approximate surface area is 151 Å². The van der Waals surface area contributed by atoms with E-state index in [0.29, 0.717) is 20.9 Å². The summed E-state index contributed by atoms with van der Waals surface area (Å²) in [4.78, 5) is 31.7. The number of nitrogens with zero attached hydrogens (tertiary/aromatic N) is 1. The number of carbonyl (C=O) groups is 1. The molecule has 5 nitrogen and oxygen atoms in total. The zero-order valence-corrected chi connectivity index (χ0v) is 15.2. The van der Waals surface area contributed by atoms with E-state index in [0.717, 1.165) is 17.3 Å². The van der Waals surface area contributed by atoms with Gasteiger partial charge in [-0.05, 0) is 31.5 Å². The Morgan fingerprint density at radius 1 is 1.36 bits per heavy atom. The van der Waals surface area contributed by atoms with E-state index < -0.39 is 0 Å². The van der Waals surface area contributed by atoms with Crippen LogP contribution in [0.2, 0.25) is 0 Å². The van der Waals surface area contributed by atoms with Gasteiger partial charge in [-0.15, -0.1) is 11.3 Å². The lowest BCUT2D eigenvalue weighted by Crippen LogP contribution is -2.14. The third-order valence-electron chi connectivity index (χ3n) is 3.27. The molecule has 0 unspecified atom stereocenters. The third-order valence-corrected chi connectivity index (χ3v) is 4.99. The molecule has 0 saturated carbocycles. The van der Waals surface area contributed by atoms with Gasteiger partial charge in [-0.3, -0.25) is 9.59 Å². The van der Waals surface area contributed by atoms with Gasteiger partial charge < -0.3 is 9.72 Å². The molecule has 3 aromatic rings. The first-order valence-electron chi connectivity index (χ1n) is 7.54. The Hall–Kier alpha value is -2.19. The van der Waals surface area contributed by atoms with Crippen molar-refractivity contribution in [2.45, 2.75) is 25.1 Å². The average molecular weight is 378 g/mol. The second kappa shape index (κ2) is 7.37. The zero-order chi connectivity index (χ0) is 18.0. The number of carbonyl (C=O) groups excluding carboxylic acids is 1. The summed E-state index contributed by atoms with van der Waals surface area (Å²) in [7, 11) is 0. The standard InChI is InChI=1S/C17H15FN2O3S2/c1-9(2)23-13(21)8-25-17-19-15(22)14-12(7-24-16(14)20-17)10-3-5-11(18)6-4-10/h3-7,9H,8H2,1-2H3,(H,19,20,22). The summed E-state index contributed by atoms with van der Waals surface area (Å²) < 4.78 is 18.1. The van der Waals surface area contributed by atoms with Crippen molar-refractivity contribution >= 4 is 39.3 Å². The molecule has 0 aliphatic heterocycles. The molecule has 0 bridgehead atoms. The van der Waals surface area contributed by atoms with Crippen LogP contribution in [0.15, 0.2) is 39.6 Å². The van der Waals surface area contributed by atoms with Gasteiger partial charge in [0, 0.05) is 10.9 Å². The molecule has 2 aromatic heterocycles. The highest BCUT2D eigenvalue weighted by atomic mass is 32.2. The van der Waals surface area contributed by atoms with Gasteiger partial charge in [0.1, 0.15) is 10.6 Å². The minimum absolute atomic E-state index is 0.0722. The van der Waals surface area contributed by atoms with Gasteiger partial charge in [0.05, 0.1) is 17.2 Å². The number of nitrogens with one attached hydrogen (secondary N) is 1. The Kier molecular flexibility index (Phi) is 5.19. The normalized spacial score (nSPS) is 11.2. The van der Waals surface area contributed by atoms with Crippen LogP contribution in [0, 0.1) is 5.82 Å². The number of halogens is 1. The zero-order valence-electron chi connectivity index (χ0n) is 13.5. The fourth-order valence-electron chi connectivity index (χ4n) is 2.26. The first kappa shape index (κ1) is 17.6. The van der Waals surface area contributed by atoms with E-state index in [9.17, 15) is 14.0 Å². The number of aromatic amines is 1. The van der Waals surface area contributed by atoms with Crippen LogP contribution in [0.4, 0.5) is 4.39 Å². The molecule has 0 fully saturated rings. The fourth-order valence-corrected chi connectivity index (χ4v) is 3.91. The maximum absolute atomic E-state index is 13.1. The Morgan fingerprint density at radius 2 is 2.08 bits per heavy atom. The molecule has 130 valence electrons. The lowest BCUT2D eigenvalue weighted by Gasteiger charge is -2.07. The summed E-state index contributed by atoms with van der Waals surface area (Å²) in [6.45, 7) is 3.55. The van der Waals surface area contributed by atoms with Crippen molar-refractivity contribution in [2.24, 2.45) is 0 Å². The van der Waals surface area contributed by atoms with Crippen LogP contribution < -0.4 is 5.56 Å². The maximum atomic E-state index is 13.1. The molecule has 8 heteroatoms. The summed E-state index contributed by atoms with van der Waals surface area (Å²) in [6, 6.07) is 5.96. The average Bonchev–Trinajstić information content (AvgIpc) is 2.97. The molecular weight excluding hydrogens is 363 g/mol. The molecule has 0 aliphatic rings. The van der Waals surface area contributed by atoms with Gasteiger partial charge in [-0.25, -0.2) is 9.37 Å². The predicted molar refractivity (Wildman–Crippen MR) is 97.6 cm³/mol. The molecule has 25 heavy (non-hydrogen) atoms. The smallest absolute Gasteiger partial charge is 0.316 e. The monoisotopic (exact) mass is 378 g/mol. The van der Waals surface area contributed by atoms with Crippen molar-refractivity contribution in [2.75, 3.05) is 5.75 Å². The number of rotatable bonds is 5. The number of esters is 1. The molecule has 2 heterocycles. The van der Waals surface area contributed by atoms with Gasteiger partial charge in [-0.2, -0.15) is 0 Å². The minimum atomic E-state index is -0.360. The van der Waals surface area contributed by atoms with Gasteiger partial charge in [0.2, 0.25) is 0 Å². The quantitative estimate of drug-likeness (QED) is 0.415. The van der Waals surface area contributed by atoms with Crippen LogP contribution in [0.25, 0.3) is 21.3 Å². The Bertz CT molecular complexity index is 964. The maximum Gasteiger partial charge on any atom is 0.316 e. The van der Waals surface area contributed by atoms with Crippen molar-refractivity contribution in [1.29, 1.82) is 0 Å². The van der Waals surface area contributed by atoms with Gasteiger partial charge in [-0.1, -0.05) is 23.9 Å². The number of benzene rings is 1. The van der Waals surface area contributed by atoms with Gasteiger partial charge in [0.25, 0.3) is 5.56 Å². The lowest BCUT2D eigenvalue weighted by atomic mass is 10.1. The van der Waals surface area contributed by atoms with Crippen LogP contribution >= 0.6 is 23.1 Å². The molecule has 0 saturated heterocycles. The van der Waals surface area contributed by atoms with E-state index in [2.05, 4.69) is 9.97 Å². The molecule has 0 aliphatic carbocycles. The number of H-pyrrole nitrogens is 1.